The van der Waals surface area contributed by atoms with Crippen molar-refractivity contribution in [2.24, 2.45) is 0 Å². The van der Waals surface area contributed by atoms with Crippen LogP contribution in [0.15, 0.2) is 60.7 Å². The van der Waals surface area contributed by atoms with Crippen molar-refractivity contribution in [1.29, 1.82) is 0 Å². The third-order valence-corrected chi connectivity index (χ3v) is 3.21. The van der Waals surface area contributed by atoms with Gasteiger partial charge in [-0.05, 0) is 43.5 Å². The molecular formula is C20H26O6. The minimum Gasteiger partial charge on any atom is -0.478 e. The van der Waals surface area contributed by atoms with Gasteiger partial charge in [-0.15, -0.1) is 0 Å². The molecule has 142 valence electrons. The highest BCUT2D eigenvalue weighted by Crippen LogP contribution is 1.99. The Bertz CT molecular complexity index is 563. The standard InChI is InChI=1S/2C7H6O2.C6H14O2/c2*8-7(9)6-4-2-1-3-5-6;1-2-6(8)4-3-5-7/h2*1-5H,(H,8,9);6-8H,2-5H2,1H3. The molecule has 0 aliphatic heterocycles. The molecule has 1 unspecified atom stereocenters. The molecule has 1 atom stereocenters. The zero-order valence-corrected chi connectivity index (χ0v) is 14.8. The molecule has 0 aromatic heterocycles. The van der Waals surface area contributed by atoms with E-state index >= 15 is 0 Å². The van der Waals surface area contributed by atoms with Gasteiger partial charge in [-0.2, -0.15) is 0 Å². The van der Waals surface area contributed by atoms with Crippen LogP contribution < -0.4 is 0 Å². The lowest BCUT2D eigenvalue weighted by atomic mass is 10.2. The van der Waals surface area contributed by atoms with Crippen LogP contribution in [0.3, 0.4) is 0 Å². The summed E-state index contributed by atoms with van der Waals surface area (Å²) >= 11 is 0. The highest BCUT2D eigenvalue weighted by molar-refractivity contribution is 5.87. The fourth-order valence-electron chi connectivity index (χ4n) is 1.69. The van der Waals surface area contributed by atoms with E-state index in [1.165, 1.54) is 0 Å². The van der Waals surface area contributed by atoms with Gasteiger partial charge in [0.2, 0.25) is 0 Å². The van der Waals surface area contributed by atoms with Gasteiger partial charge in [-0.1, -0.05) is 43.3 Å². The largest absolute Gasteiger partial charge is 0.478 e. The van der Waals surface area contributed by atoms with Gasteiger partial charge in [0.15, 0.2) is 0 Å². The predicted molar refractivity (Wildman–Crippen MR) is 99.4 cm³/mol. The normalized spacial score (nSPS) is 10.4. The first-order chi connectivity index (χ1) is 12.4. The highest BCUT2D eigenvalue weighted by atomic mass is 16.4. The lowest BCUT2D eigenvalue weighted by molar-refractivity contribution is 0.0686. The number of hydrogen-bond donors (Lipinski definition) is 4. The second kappa shape index (κ2) is 14.6. The predicted octanol–water partition coefficient (Wildman–Crippen LogP) is 3.30. The zero-order valence-electron chi connectivity index (χ0n) is 14.8. The van der Waals surface area contributed by atoms with Crippen LogP contribution in [0.5, 0.6) is 0 Å². The lowest BCUT2D eigenvalue weighted by Crippen LogP contribution is -2.04. The van der Waals surface area contributed by atoms with Crippen molar-refractivity contribution in [3.63, 3.8) is 0 Å². The van der Waals surface area contributed by atoms with E-state index in [2.05, 4.69) is 0 Å². The summed E-state index contributed by atoms with van der Waals surface area (Å²) in [6, 6.07) is 16.6. The van der Waals surface area contributed by atoms with Crippen molar-refractivity contribution >= 4 is 11.9 Å². The molecule has 0 aliphatic carbocycles. The second-order valence-electron chi connectivity index (χ2n) is 5.27. The van der Waals surface area contributed by atoms with Crippen LogP contribution in [0.1, 0.15) is 46.9 Å². The summed E-state index contributed by atoms with van der Waals surface area (Å²) in [7, 11) is 0. The third kappa shape index (κ3) is 11.8. The van der Waals surface area contributed by atoms with Crippen LogP contribution in [0, 0.1) is 0 Å². The molecule has 2 aromatic rings. The lowest BCUT2D eigenvalue weighted by Gasteiger charge is -2.03. The van der Waals surface area contributed by atoms with Gasteiger partial charge in [0, 0.05) is 6.61 Å². The molecule has 0 saturated heterocycles. The summed E-state index contributed by atoms with van der Waals surface area (Å²) < 4.78 is 0. The van der Waals surface area contributed by atoms with E-state index in [-0.39, 0.29) is 12.7 Å². The monoisotopic (exact) mass is 362 g/mol. The molecule has 0 heterocycles. The van der Waals surface area contributed by atoms with Crippen molar-refractivity contribution in [2.45, 2.75) is 32.3 Å². The number of benzene rings is 2. The smallest absolute Gasteiger partial charge is 0.335 e. The molecule has 2 rings (SSSR count). The van der Waals surface area contributed by atoms with Crippen molar-refractivity contribution in [2.75, 3.05) is 6.61 Å². The number of aliphatic hydroxyl groups is 2. The van der Waals surface area contributed by atoms with E-state index in [9.17, 15) is 9.59 Å². The average Bonchev–Trinajstić information content (AvgIpc) is 2.68. The average molecular weight is 362 g/mol. The zero-order chi connectivity index (χ0) is 19.8. The van der Waals surface area contributed by atoms with E-state index < -0.39 is 11.9 Å². The Balaban J connectivity index is 0.000000362. The number of carboxylic acid groups (broad SMARTS) is 2. The number of aromatic carboxylic acids is 2. The van der Waals surface area contributed by atoms with Crippen molar-refractivity contribution in [3.05, 3.63) is 71.8 Å². The van der Waals surface area contributed by atoms with Gasteiger partial charge in [-0.3, -0.25) is 0 Å². The molecule has 0 aliphatic rings. The molecule has 0 fully saturated rings. The van der Waals surface area contributed by atoms with Crippen molar-refractivity contribution in [1.82, 2.24) is 0 Å². The van der Waals surface area contributed by atoms with Gasteiger partial charge in [0.1, 0.15) is 0 Å². The van der Waals surface area contributed by atoms with E-state index in [1.807, 2.05) is 6.92 Å². The second-order valence-corrected chi connectivity index (χ2v) is 5.27. The molecule has 0 bridgehead atoms. The molecule has 6 heteroatoms. The molecule has 0 saturated carbocycles. The first-order valence-corrected chi connectivity index (χ1v) is 8.27. The highest BCUT2D eigenvalue weighted by Gasteiger charge is 1.98. The number of hydrogen-bond acceptors (Lipinski definition) is 4. The van der Waals surface area contributed by atoms with E-state index in [0.29, 0.717) is 11.1 Å². The van der Waals surface area contributed by atoms with E-state index in [1.54, 1.807) is 60.7 Å². The Morgan fingerprint density at radius 3 is 1.46 bits per heavy atom. The Kier molecular flexibility index (Phi) is 13.1. The molecule has 4 N–H and O–H groups in total. The van der Waals surface area contributed by atoms with Crippen LogP contribution in [-0.2, 0) is 0 Å². The van der Waals surface area contributed by atoms with Crippen LogP contribution in [-0.4, -0.2) is 45.1 Å². The maximum Gasteiger partial charge on any atom is 0.335 e. The number of carboxylic acids is 2. The summed E-state index contributed by atoms with van der Waals surface area (Å²) in [5.74, 6) is -1.76. The van der Waals surface area contributed by atoms with Crippen molar-refractivity contribution in [3.8, 4) is 0 Å². The summed E-state index contributed by atoms with van der Waals surface area (Å²) in [6.45, 7) is 2.12. The molecule has 0 radical (unpaired) electrons. The van der Waals surface area contributed by atoms with Crippen LogP contribution in [0.2, 0.25) is 0 Å². The van der Waals surface area contributed by atoms with Gasteiger partial charge in [-0.25, -0.2) is 9.59 Å². The Labute approximate surface area is 153 Å². The molecule has 2 aromatic carbocycles. The van der Waals surface area contributed by atoms with E-state index in [4.69, 9.17) is 20.4 Å². The summed E-state index contributed by atoms with van der Waals surface area (Å²) in [5, 5.41) is 33.9. The Morgan fingerprint density at radius 1 is 0.846 bits per heavy atom. The summed E-state index contributed by atoms with van der Waals surface area (Å²) in [4.78, 5) is 20.4. The quantitative estimate of drug-likeness (QED) is 0.627. The SMILES string of the molecule is CCC(O)CCCO.O=C(O)c1ccccc1.O=C(O)c1ccccc1. The van der Waals surface area contributed by atoms with Gasteiger partial charge in [0.05, 0.1) is 17.2 Å². The van der Waals surface area contributed by atoms with Gasteiger partial charge in [0.25, 0.3) is 0 Å². The fraction of sp³-hybridized carbons (Fsp3) is 0.300. The van der Waals surface area contributed by atoms with E-state index in [0.717, 1.165) is 19.3 Å². The van der Waals surface area contributed by atoms with Crippen LogP contribution >= 0.6 is 0 Å². The maximum absolute atomic E-state index is 10.2. The third-order valence-electron chi connectivity index (χ3n) is 3.21. The topological polar surface area (TPSA) is 115 Å². The molecule has 0 amide bonds. The Hall–Kier alpha value is -2.70. The van der Waals surface area contributed by atoms with Gasteiger partial charge >= 0.3 is 11.9 Å². The first-order valence-electron chi connectivity index (χ1n) is 8.27. The summed E-state index contributed by atoms with van der Waals surface area (Å²) in [6.07, 6.45) is 2.03. The van der Waals surface area contributed by atoms with Crippen LogP contribution in [0.4, 0.5) is 0 Å². The van der Waals surface area contributed by atoms with Gasteiger partial charge < -0.3 is 20.4 Å². The Morgan fingerprint density at radius 2 is 1.23 bits per heavy atom. The van der Waals surface area contributed by atoms with Crippen LogP contribution in [0.25, 0.3) is 0 Å². The summed E-state index contributed by atoms with van der Waals surface area (Å²) in [5.41, 5.74) is 0.662. The molecule has 0 spiro atoms. The minimum absolute atomic E-state index is 0.192. The van der Waals surface area contributed by atoms with Crippen molar-refractivity contribution < 1.29 is 30.0 Å². The maximum atomic E-state index is 10.2. The fourth-order valence-corrected chi connectivity index (χ4v) is 1.69. The molecule has 26 heavy (non-hydrogen) atoms. The first kappa shape index (κ1) is 23.3. The number of carbonyl (C=O) groups is 2. The number of rotatable bonds is 6. The molecule has 6 nitrogen and oxygen atoms in total. The minimum atomic E-state index is -0.879. The number of aliphatic hydroxyl groups excluding tert-OH is 2. The molecular weight excluding hydrogens is 336 g/mol.